The Bertz CT molecular complexity index is 885. The lowest BCUT2D eigenvalue weighted by molar-refractivity contribution is -0.139. The minimum absolute atomic E-state index is 0.183. The monoisotopic (exact) mass is 320 g/mol. The zero-order chi connectivity index (χ0) is 15.0. The Kier molecular flexibility index (Phi) is 3.69. The van der Waals surface area contributed by atoms with Gasteiger partial charge in [-0.3, -0.25) is 9.59 Å². The van der Waals surface area contributed by atoms with E-state index in [1.165, 1.54) is 30.2 Å². The van der Waals surface area contributed by atoms with Crippen LogP contribution in [0.25, 0.3) is 20.3 Å². The number of carbonyl (C=O) groups excluding carboxylic acids is 1. The molecule has 0 radical (unpaired) electrons. The van der Waals surface area contributed by atoms with Gasteiger partial charge in [-0.25, -0.2) is 4.98 Å². The first-order valence-corrected chi connectivity index (χ1v) is 7.96. The minimum atomic E-state index is -0.426. The highest BCUT2D eigenvalue weighted by Crippen LogP contribution is 2.31. The molecular weight excluding hydrogens is 308 g/mol. The number of methoxy groups -OCH3 is 1. The van der Waals surface area contributed by atoms with Gasteiger partial charge in [0.15, 0.2) is 5.16 Å². The van der Waals surface area contributed by atoms with Crippen molar-refractivity contribution >= 4 is 49.4 Å². The first kappa shape index (κ1) is 14.1. The van der Waals surface area contributed by atoms with E-state index in [4.69, 9.17) is 0 Å². The van der Waals surface area contributed by atoms with Crippen molar-refractivity contribution < 1.29 is 9.53 Å². The molecule has 5 nitrogen and oxygen atoms in total. The fourth-order valence-electron chi connectivity index (χ4n) is 2.05. The first-order chi connectivity index (χ1) is 10.1. The second-order valence-electron chi connectivity index (χ2n) is 4.43. The summed E-state index contributed by atoms with van der Waals surface area (Å²) < 4.78 is 5.69. The van der Waals surface area contributed by atoms with Gasteiger partial charge in [-0.2, -0.15) is 0 Å². The summed E-state index contributed by atoms with van der Waals surface area (Å²) in [7, 11) is 1.34. The Hall–Kier alpha value is -1.86. The summed E-state index contributed by atoms with van der Waals surface area (Å²) in [6.45, 7) is 1.71. The Morgan fingerprint density at radius 2 is 2.19 bits per heavy atom. The normalized spacial score (nSPS) is 12.7. The Morgan fingerprint density at radius 3 is 2.95 bits per heavy atom. The zero-order valence-corrected chi connectivity index (χ0v) is 13.0. The standard InChI is InChI=1S/C14H12N2O3S2/c1-7(13(18)19-2)20-14-15-11(17)10-8-5-3-4-6-9(8)21-12(10)16-14/h3-7H,1-2H3,(H,15,16,17). The van der Waals surface area contributed by atoms with Crippen LogP contribution in [-0.2, 0) is 9.53 Å². The molecule has 0 amide bonds. The van der Waals surface area contributed by atoms with Crippen LogP contribution >= 0.6 is 23.1 Å². The SMILES string of the molecule is COC(=O)C(C)Sc1nc2sc3ccccc3c2c(=O)[nH]1. The van der Waals surface area contributed by atoms with Gasteiger partial charge in [0.05, 0.1) is 12.5 Å². The van der Waals surface area contributed by atoms with Gasteiger partial charge in [-0.15, -0.1) is 11.3 Å². The number of ether oxygens (including phenoxy) is 1. The smallest absolute Gasteiger partial charge is 0.318 e. The first-order valence-electron chi connectivity index (χ1n) is 6.26. The number of H-pyrrole nitrogens is 1. The molecule has 21 heavy (non-hydrogen) atoms. The molecule has 0 saturated carbocycles. The average molecular weight is 320 g/mol. The van der Waals surface area contributed by atoms with Crippen LogP contribution in [0.4, 0.5) is 0 Å². The van der Waals surface area contributed by atoms with Crippen LogP contribution in [0.3, 0.4) is 0 Å². The van der Waals surface area contributed by atoms with Crippen LogP contribution in [0.5, 0.6) is 0 Å². The van der Waals surface area contributed by atoms with Crippen molar-refractivity contribution in [3.8, 4) is 0 Å². The number of benzene rings is 1. The van der Waals surface area contributed by atoms with Gasteiger partial charge >= 0.3 is 5.97 Å². The van der Waals surface area contributed by atoms with E-state index < -0.39 is 5.25 Å². The number of esters is 1. The molecule has 0 aliphatic heterocycles. The van der Waals surface area contributed by atoms with Crippen molar-refractivity contribution in [1.82, 2.24) is 9.97 Å². The molecule has 3 rings (SSSR count). The van der Waals surface area contributed by atoms with Gasteiger partial charge in [0.1, 0.15) is 10.1 Å². The predicted octanol–water partition coefficient (Wildman–Crippen LogP) is 2.79. The number of hydrogen-bond donors (Lipinski definition) is 1. The third-order valence-corrected chi connectivity index (χ3v) is 5.08. The molecule has 1 N–H and O–H groups in total. The lowest BCUT2D eigenvalue weighted by Gasteiger charge is -2.07. The summed E-state index contributed by atoms with van der Waals surface area (Å²) in [5.74, 6) is -0.348. The molecular formula is C14H12N2O3S2. The van der Waals surface area contributed by atoms with Crippen LogP contribution in [0, 0.1) is 0 Å². The van der Waals surface area contributed by atoms with Crippen LogP contribution < -0.4 is 5.56 Å². The lowest BCUT2D eigenvalue weighted by atomic mass is 10.2. The molecule has 2 aromatic heterocycles. The lowest BCUT2D eigenvalue weighted by Crippen LogP contribution is -2.16. The maximum Gasteiger partial charge on any atom is 0.318 e. The minimum Gasteiger partial charge on any atom is -0.468 e. The summed E-state index contributed by atoms with van der Waals surface area (Å²) in [4.78, 5) is 31.6. The molecule has 1 atom stereocenters. The fraction of sp³-hybridized carbons (Fsp3) is 0.214. The second-order valence-corrected chi connectivity index (χ2v) is 6.79. The molecule has 0 spiro atoms. The summed E-state index contributed by atoms with van der Waals surface area (Å²) in [6.07, 6.45) is 0. The molecule has 7 heteroatoms. The molecule has 1 unspecified atom stereocenters. The van der Waals surface area contributed by atoms with Crippen molar-refractivity contribution in [2.45, 2.75) is 17.3 Å². The number of hydrogen-bond acceptors (Lipinski definition) is 6. The van der Waals surface area contributed by atoms with E-state index in [2.05, 4.69) is 14.7 Å². The predicted molar refractivity (Wildman–Crippen MR) is 85.1 cm³/mol. The number of nitrogens with zero attached hydrogens (tertiary/aromatic N) is 1. The topological polar surface area (TPSA) is 72.0 Å². The summed E-state index contributed by atoms with van der Waals surface area (Å²) >= 11 is 2.65. The molecule has 0 aliphatic carbocycles. The van der Waals surface area contributed by atoms with Gasteiger partial charge in [-0.1, -0.05) is 30.0 Å². The Morgan fingerprint density at radius 1 is 1.43 bits per heavy atom. The van der Waals surface area contributed by atoms with Crippen molar-refractivity contribution in [3.05, 3.63) is 34.6 Å². The highest BCUT2D eigenvalue weighted by atomic mass is 32.2. The van der Waals surface area contributed by atoms with E-state index in [9.17, 15) is 9.59 Å². The van der Waals surface area contributed by atoms with Crippen molar-refractivity contribution in [2.24, 2.45) is 0 Å². The van der Waals surface area contributed by atoms with Crippen LogP contribution in [0.2, 0.25) is 0 Å². The van der Waals surface area contributed by atoms with E-state index in [0.717, 1.165) is 10.1 Å². The summed E-state index contributed by atoms with van der Waals surface area (Å²) in [5, 5.41) is 1.51. The third kappa shape index (κ3) is 2.54. The van der Waals surface area contributed by atoms with E-state index in [0.29, 0.717) is 15.4 Å². The maximum atomic E-state index is 12.3. The zero-order valence-electron chi connectivity index (χ0n) is 11.4. The Balaban J connectivity index is 2.09. The largest absolute Gasteiger partial charge is 0.468 e. The van der Waals surface area contributed by atoms with Gasteiger partial charge in [-0.05, 0) is 13.0 Å². The molecule has 0 fully saturated rings. The van der Waals surface area contributed by atoms with E-state index in [1.807, 2.05) is 24.3 Å². The van der Waals surface area contributed by atoms with E-state index in [1.54, 1.807) is 6.92 Å². The van der Waals surface area contributed by atoms with Crippen molar-refractivity contribution in [1.29, 1.82) is 0 Å². The molecule has 1 aromatic carbocycles. The number of thiophene rings is 1. The quantitative estimate of drug-likeness (QED) is 0.456. The van der Waals surface area contributed by atoms with Crippen molar-refractivity contribution in [3.63, 3.8) is 0 Å². The number of thioether (sulfide) groups is 1. The average Bonchev–Trinajstić information content (AvgIpc) is 2.84. The summed E-state index contributed by atoms with van der Waals surface area (Å²) in [6, 6.07) is 7.71. The van der Waals surface area contributed by atoms with E-state index >= 15 is 0 Å². The van der Waals surface area contributed by atoms with Gasteiger partial charge in [0.25, 0.3) is 5.56 Å². The molecule has 0 saturated heterocycles. The fourth-order valence-corrected chi connectivity index (χ4v) is 4.01. The maximum absolute atomic E-state index is 12.3. The van der Waals surface area contributed by atoms with E-state index in [-0.39, 0.29) is 11.5 Å². The second kappa shape index (κ2) is 5.50. The number of fused-ring (bicyclic) bond motifs is 3. The number of carbonyl (C=O) groups is 1. The molecule has 2 heterocycles. The van der Waals surface area contributed by atoms with Gasteiger partial charge in [0, 0.05) is 10.1 Å². The molecule has 0 aliphatic rings. The van der Waals surface area contributed by atoms with Gasteiger partial charge < -0.3 is 9.72 Å². The highest BCUT2D eigenvalue weighted by Gasteiger charge is 2.18. The summed E-state index contributed by atoms with van der Waals surface area (Å²) in [5.41, 5.74) is -0.183. The molecule has 3 aromatic rings. The number of aromatic amines is 1. The van der Waals surface area contributed by atoms with Crippen LogP contribution in [0.15, 0.2) is 34.2 Å². The van der Waals surface area contributed by atoms with Crippen molar-refractivity contribution in [2.75, 3.05) is 7.11 Å². The molecule has 108 valence electrons. The third-order valence-electron chi connectivity index (χ3n) is 3.05. The van der Waals surface area contributed by atoms with Crippen LogP contribution in [0.1, 0.15) is 6.92 Å². The number of rotatable bonds is 3. The van der Waals surface area contributed by atoms with Gasteiger partial charge in [0.2, 0.25) is 0 Å². The van der Waals surface area contributed by atoms with Crippen LogP contribution in [-0.4, -0.2) is 28.3 Å². The number of nitrogens with one attached hydrogen (secondary N) is 1. The Labute approximate surface area is 128 Å². The highest BCUT2D eigenvalue weighted by molar-refractivity contribution is 8.00. The number of aromatic nitrogens is 2. The molecule has 0 bridgehead atoms.